The summed E-state index contributed by atoms with van der Waals surface area (Å²) in [6, 6.07) is 0.699. The van der Waals surface area contributed by atoms with Crippen LogP contribution >= 0.6 is 0 Å². The fourth-order valence-electron chi connectivity index (χ4n) is 2.54. The Kier molecular flexibility index (Phi) is 4.42. The summed E-state index contributed by atoms with van der Waals surface area (Å²) in [5.41, 5.74) is 0. The summed E-state index contributed by atoms with van der Waals surface area (Å²) in [6.07, 6.45) is 3.82. The Labute approximate surface area is 93.2 Å². The van der Waals surface area contributed by atoms with E-state index in [1.807, 2.05) is 0 Å². The van der Waals surface area contributed by atoms with Gasteiger partial charge in [-0.2, -0.15) is 0 Å². The summed E-state index contributed by atoms with van der Waals surface area (Å²) in [7, 11) is 0. The van der Waals surface area contributed by atoms with Crippen molar-refractivity contribution in [3.63, 3.8) is 0 Å². The zero-order valence-electron chi connectivity index (χ0n) is 9.87. The third-order valence-corrected chi connectivity index (χ3v) is 3.66. The Hall–Kier alpha value is -0.120. The lowest BCUT2D eigenvalue weighted by atomic mass is 9.99. The molecule has 0 aliphatic carbocycles. The van der Waals surface area contributed by atoms with Gasteiger partial charge in [0.2, 0.25) is 0 Å². The fraction of sp³-hybridized carbons (Fsp3) is 1.00. The molecule has 0 aromatic heterocycles. The molecule has 2 heterocycles. The Morgan fingerprint density at radius 1 is 1.20 bits per heavy atom. The zero-order valence-corrected chi connectivity index (χ0v) is 9.87. The first-order chi connectivity index (χ1) is 7.34. The highest BCUT2D eigenvalue weighted by atomic mass is 16.5. The van der Waals surface area contributed by atoms with Crippen LogP contribution in [0.5, 0.6) is 0 Å². The molecule has 0 radical (unpaired) electrons. The summed E-state index contributed by atoms with van der Waals surface area (Å²) in [5, 5.41) is 3.55. The maximum absolute atomic E-state index is 5.40. The smallest absolute Gasteiger partial charge is 0.0469 e. The second-order valence-electron chi connectivity index (χ2n) is 5.00. The number of hydrogen-bond donors (Lipinski definition) is 1. The highest BCUT2D eigenvalue weighted by Crippen LogP contribution is 2.16. The number of nitrogens with zero attached hydrogens (tertiary/aromatic N) is 1. The maximum atomic E-state index is 5.40. The Balaban J connectivity index is 1.72. The SMILES string of the molecule is CC1CCN(CC2CCOCC2)CCN1. The Bertz CT molecular complexity index is 180. The first-order valence-corrected chi connectivity index (χ1v) is 6.38. The molecule has 0 aromatic rings. The van der Waals surface area contributed by atoms with Crippen molar-refractivity contribution in [2.24, 2.45) is 5.92 Å². The molecule has 0 spiro atoms. The monoisotopic (exact) mass is 212 g/mol. The lowest BCUT2D eigenvalue weighted by molar-refractivity contribution is 0.0533. The third kappa shape index (κ3) is 3.74. The topological polar surface area (TPSA) is 24.5 Å². The van der Waals surface area contributed by atoms with E-state index in [0.29, 0.717) is 6.04 Å². The first-order valence-electron chi connectivity index (χ1n) is 6.38. The molecule has 0 aromatic carbocycles. The van der Waals surface area contributed by atoms with Crippen molar-refractivity contribution < 1.29 is 4.74 Å². The van der Waals surface area contributed by atoms with Crippen molar-refractivity contribution in [1.29, 1.82) is 0 Å². The molecule has 2 rings (SSSR count). The molecule has 1 unspecified atom stereocenters. The van der Waals surface area contributed by atoms with Gasteiger partial charge in [0.1, 0.15) is 0 Å². The van der Waals surface area contributed by atoms with Gasteiger partial charge in [0.05, 0.1) is 0 Å². The number of rotatable bonds is 2. The first kappa shape index (κ1) is 11.4. The zero-order chi connectivity index (χ0) is 10.5. The largest absolute Gasteiger partial charge is 0.381 e. The van der Waals surface area contributed by atoms with Crippen LogP contribution in [0.1, 0.15) is 26.2 Å². The van der Waals surface area contributed by atoms with Crippen LogP contribution in [0.2, 0.25) is 0 Å². The fourth-order valence-corrected chi connectivity index (χ4v) is 2.54. The average Bonchev–Trinajstić information content (AvgIpc) is 2.46. The summed E-state index contributed by atoms with van der Waals surface area (Å²) < 4.78 is 5.40. The van der Waals surface area contributed by atoms with Gasteiger partial charge in [-0.3, -0.25) is 0 Å². The molecule has 0 amide bonds. The van der Waals surface area contributed by atoms with E-state index in [-0.39, 0.29) is 0 Å². The normalized spacial score (nSPS) is 31.4. The van der Waals surface area contributed by atoms with Crippen molar-refractivity contribution in [1.82, 2.24) is 10.2 Å². The van der Waals surface area contributed by atoms with E-state index in [0.717, 1.165) is 25.7 Å². The molecule has 0 saturated carbocycles. The number of nitrogens with one attached hydrogen (secondary N) is 1. The van der Waals surface area contributed by atoms with Crippen LogP contribution in [0.4, 0.5) is 0 Å². The average molecular weight is 212 g/mol. The second kappa shape index (κ2) is 5.83. The van der Waals surface area contributed by atoms with Gasteiger partial charge in [0, 0.05) is 38.9 Å². The molecule has 15 heavy (non-hydrogen) atoms. The quantitative estimate of drug-likeness (QED) is 0.742. The molecule has 2 aliphatic heterocycles. The van der Waals surface area contributed by atoms with E-state index in [1.165, 1.54) is 38.9 Å². The standard InChI is InChI=1S/C12H24N2O/c1-11-2-6-14(7-5-13-11)10-12-3-8-15-9-4-12/h11-13H,2-10H2,1H3. The van der Waals surface area contributed by atoms with E-state index >= 15 is 0 Å². The van der Waals surface area contributed by atoms with Gasteiger partial charge >= 0.3 is 0 Å². The number of hydrogen-bond acceptors (Lipinski definition) is 3. The summed E-state index contributed by atoms with van der Waals surface area (Å²) in [4.78, 5) is 2.63. The van der Waals surface area contributed by atoms with Crippen LogP contribution in [0.3, 0.4) is 0 Å². The molecule has 2 saturated heterocycles. The minimum absolute atomic E-state index is 0.699. The predicted octanol–water partition coefficient (Wildman–Crippen LogP) is 1.10. The molecule has 2 aliphatic rings. The highest BCUT2D eigenvalue weighted by Gasteiger charge is 2.19. The minimum atomic E-state index is 0.699. The van der Waals surface area contributed by atoms with E-state index in [2.05, 4.69) is 17.1 Å². The van der Waals surface area contributed by atoms with Gasteiger partial charge in [0.25, 0.3) is 0 Å². The Morgan fingerprint density at radius 2 is 2.00 bits per heavy atom. The molecule has 1 N–H and O–H groups in total. The van der Waals surface area contributed by atoms with Crippen LogP contribution in [0.15, 0.2) is 0 Å². The molecule has 88 valence electrons. The molecular formula is C12H24N2O. The van der Waals surface area contributed by atoms with E-state index in [4.69, 9.17) is 4.74 Å². The molecule has 0 bridgehead atoms. The van der Waals surface area contributed by atoms with Gasteiger partial charge in [-0.05, 0) is 38.6 Å². The summed E-state index contributed by atoms with van der Waals surface area (Å²) in [5.74, 6) is 0.882. The van der Waals surface area contributed by atoms with E-state index in [1.54, 1.807) is 0 Å². The van der Waals surface area contributed by atoms with Crippen molar-refractivity contribution in [3.05, 3.63) is 0 Å². The van der Waals surface area contributed by atoms with Crippen LogP contribution in [0, 0.1) is 5.92 Å². The van der Waals surface area contributed by atoms with Crippen molar-refractivity contribution in [3.8, 4) is 0 Å². The van der Waals surface area contributed by atoms with Gasteiger partial charge in [-0.1, -0.05) is 0 Å². The lowest BCUT2D eigenvalue weighted by Crippen LogP contribution is -2.34. The van der Waals surface area contributed by atoms with E-state index < -0.39 is 0 Å². The van der Waals surface area contributed by atoms with Crippen molar-refractivity contribution >= 4 is 0 Å². The van der Waals surface area contributed by atoms with Gasteiger partial charge in [-0.15, -0.1) is 0 Å². The Morgan fingerprint density at radius 3 is 2.80 bits per heavy atom. The molecule has 3 heteroatoms. The van der Waals surface area contributed by atoms with Crippen molar-refractivity contribution in [2.45, 2.75) is 32.2 Å². The summed E-state index contributed by atoms with van der Waals surface area (Å²) >= 11 is 0. The molecule has 3 nitrogen and oxygen atoms in total. The van der Waals surface area contributed by atoms with Crippen molar-refractivity contribution in [2.75, 3.05) is 39.4 Å². The van der Waals surface area contributed by atoms with Crippen LogP contribution in [-0.2, 0) is 4.74 Å². The van der Waals surface area contributed by atoms with Crippen LogP contribution in [0.25, 0.3) is 0 Å². The van der Waals surface area contributed by atoms with Crippen LogP contribution in [-0.4, -0.2) is 50.3 Å². The summed E-state index contributed by atoms with van der Waals surface area (Å²) in [6.45, 7) is 9.19. The van der Waals surface area contributed by atoms with Gasteiger partial charge < -0.3 is 15.0 Å². The maximum Gasteiger partial charge on any atom is 0.0469 e. The third-order valence-electron chi connectivity index (χ3n) is 3.66. The molecular weight excluding hydrogens is 188 g/mol. The minimum Gasteiger partial charge on any atom is -0.381 e. The molecule has 2 fully saturated rings. The van der Waals surface area contributed by atoms with Crippen LogP contribution < -0.4 is 5.32 Å². The second-order valence-corrected chi connectivity index (χ2v) is 5.00. The lowest BCUT2D eigenvalue weighted by Gasteiger charge is -2.28. The van der Waals surface area contributed by atoms with Gasteiger partial charge in [-0.25, -0.2) is 0 Å². The predicted molar refractivity (Wildman–Crippen MR) is 62.1 cm³/mol. The highest BCUT2D eigenvalue weighted by molar-refractivity contribution is 4.75. The number of ether oxygens (including phenoxy) is 1. The van der Waals surface area contributed by atoms with E-state index in [9.17, 15) is 0 Å². The molecule has 1 atom stereocenters. The van der Waals surface area contributed by atoms with Gasteiger partial charge in [0.15, 0.2) is 0 Å².